The first-order chi connectivity index (χ1) is 11.7. The normalized spacial score (nSPS) is 26.4. The van der Waals surface area contributed by atoms with E-state index in [-0.39, 0.29) is 24.1 Å². The molecule has 3 aromatic rings. The van der Waals surface area contributed by atoms with E-state index in [0.29, 0.717) is 0 Å². The molecule has 0 aliphatic carbocycles. The third kappa shape index (κ3) is 1.99. The molecule has 4 heteroatoms. The van der Waals surface area contributed by atoms with Gasteiger partial charge in [-0.15, -0.1) is 0 Å². The fourth-order valence-electron chi connectivity index (χ4n) is 4.61. The van der Waals surface area contributed by atoms with Crippen LogP contribution >= 0.6 is 0 Å². The van der Waals surface area contributed by atoms with E-state index in [1.807, 2.05) is 35.2 Å². The van der Waals surface area contributed by atoms with Gasteiger partial charge in [-0.05, 0) is 49.9 Å². The molecule has 3 heterocycles. The molecule has 2 saturated heterocycles. The highest BCUT2D eigenvalue weighted by molar-refractivity contribution is 6.10. The summed E-state index contributed by atoms with van der Waals surface area (Å²) in [4.78, 5) is 18.5. The van der Waals surface area contributed by atoms with Gasteiger partial charge in [-0.25, -0.2) is 0 Å². The minimum Gasteiger partial charge on any atom is -0.393 e. The largest absolute Gasteiger partial charge is 0.393 e. The Labute approximate surface area is 140 Å². The number of nitrogens with one attached hydrogen (secondary N) is 1. The summed E-state index contributed by atoms with van der Waals surface area (Å²) in [5, 5.41) is 12.2. The van der Waals surface area contributed by atoms with Crippen LogP contribution < -0.4 is 0 Å². The van der Waals surface area contributed by atoms with Crippen molar-refractivity contribution in [2.75, 3.05) is 0 Å². The van der Waals surface area contributed by atoms with Crippen LogP contribution in [0.1, 0.15) is 36.0 Å². The smallest absolute Gasteiger partial charge is 0.254 e. The number of carbonyl (C=O) groups is 1. The maximum Gasteiger partial charge on any atom is 0.254 e. The van der Waals surface area contributed by atoms with Gasteiger partial charge in [0.1, 0.15) is 0 Å². The van der Waals surface area contributed by atoms with Crippen LogP contribution in [0.15, 0.2) is 42.5 Å². The highest BCUT2D eigenvalue weighted by atomic mass is 16.3. The van der Waals surface area contributed by atoms with Crippen LogP contribution in [0.4, 0.5) is 0 Å². The van der Waals surface area contributed by atoms with Crippen LogP contribution in [-0.2, 0) is 0 Å². The number of aliphatic hydroxyl groups excluding tert-OH is 1. The van der Waals surface area contributed by atoms with E-state index in [0.717, 1.165) is 53.1 Å². The standard InChI is InChI=1S/C20H20N2O2/c23-15-10-13-6-7-14(11-15)22(13)20(24)12-5-8-19-17(9-12)16-3-1-2-4-18(16)21-19/h1-5,8-9,13-15,21,23H,6-7,10-11H2. The Morgan fingerprint density at radius 2 is 1.71 bits per heavy atom. The van der Waals surface area contributed by atoms with Crippen molar-refractivity contribution in [1.82, 2.24) is 9.88 Å². The molecule has 1 amide bonds. The number of H-pyrrole nitrogens is 1. The average molecular weight is 320 g/mol. The van der Waals surface area contributed by atoms with Crippen LogP contribution in [0, 0.1) is 0 Å². The summed E-state index contributed by atoms with van der Waals surface area (Å²) in [7, 11) is 0. The number of hydrogen-bond acceptors (Lipinski definition) is 2. The number of benzene rings is 2. The maximum atomic E-state index is 13.1. The van der Waals surface area contributed by atoms with Gasteiger partial charge in [0.15, 0.2) is 0 Å². The lowest BCUT2D eigenvalue weighted by atomic mass is 9.98. The summed E-state index contributed by atoms with van der Waals surface area (Å²) < 4.78 is 0. The molecule has 2 aliphatic heterocycles. The summed E-state index contributed by atoms with van der Waals surface area (Å²) in [6.45, 7) is 0. The summed E-state index contributed by atoms with van der Waals surface area (Å²) in [5.74, 6) is 0.113. The van der Waals surface area contributed by atoms with Gasteiger partial charge in [-0.2, -0.15) is 0 Å². The van der Waals surface area contributed by atoms with E-state index in [1.165, 1.54) is 0 Å². The zero-order valence-electron chi connectivity index (χ0n) is 13.4. The fraction of sp³-hybridized carbons (Fsp3) is 0.350. The lowest BCUT2D eigenvalue weighted by Crippen LogP contribution is -2.47. The minimum absolute atomic E-state index is 0.113. The molecule has 2 fully saturated rings. The number of rotatable bonds is 1. The summed E-state index contributed by atoms with van der Waals surface area (Å²) in [6, 6.07) is 14.5. The van der Waals surface area contributed by atoms with Crippen molar-refractivity contribution in [2.24, 2.45) is 0 Å². The van der Waals surface area contributed by atoms with Crippen molar-refractivity contribution in [2.45, 2.75) is 43.9 Å². The topological polar surface area (TPSA) is 56.3 Å². The zero-order valence-corrected chi connectivity index (χ0v) is 13.4. The van der Waals surface area contributed by atoms with Crippen molar-refractivity contribution >= 4 is 27.7 Å². The molecular weight excluding hydrogens is 300 g/mol. The van der Waals surface area contributed by atoms with Crippen molar-refractivity contribution in [3.8, 4) is 0 Å². The van der Waals surface area contributed by atoms with Gasteiger partial charge in [0.2, 0.25) is 0 Å². The Bertz CT molecular complexity index is 931. The summed E-state index contributed by atoms with van der Waals surface area (Å²) in [5.41, 5.74) is 2.91. The molecule has 0 spiro atoms. The highest BCUT2D eigenvalue weighted by Crippen LogP contribution is 2.37. The molecule has 5 rings (SSSR count). The number of fused-ring (bicyclic) bond motifs is 5. The van der Waals surface area contributed by atoms with E-state index in [9.17, 15) is 9.90 Å². The third-order valence-corrected chi connectivity index (χ3v) is 5.70. The molecule has 4 nitrogen and oxygen atoms in total. The Kier molecular flexibility index (Phi) is 2.98. The average Bonchev–Trinajstić information content (AvgIpc) is 3.09. The molecule has 0 saturated carbocycles. The Morgan fingerprint density at radius 3 is 2.50 bits per heavy atom. The monoisotopic (exact) mass is 320 g/mol. The van der Waals surface area contributed by atoms with Gasteiger partial charge in [0, 0.05) is 39.5 Å². The maximum absolute atomic E-state index is 13.1. The van der Waals surface area contributed by atoms with E-state index < -0.39 is 0 Å². The molecule has 1 aromatic heterocycles. The number of amides is 1. The predicted octanol–water partition coefficient (Wildman–Crippen LogP) is 3.45. The van der Waals surface area contributed by atoms with Crippen LogP contribution in [0.5, 0.6) is 0 Å². The molecular formula is C20H20N2O2. The van der Waals surface area contributed by atoms with Gasteiger partial charge in [-0.3, -0.25) is 4.79 Å². The number of nitrogens with zero attached hydrogens (tertiary/aromatic N) is 1. The molecule has 2 atom stereocenters. The lowest BCUT2D eigenvalue weighted by Gasteiger charge is -2.37. The van der Waals surface area contributed by atoms with Gasteiger partial charge in [-0.1, -0.05) is 18.2 Å². The van der Waals surface area contributed by atoms with E-state index >= 15 is 0 Å². The second kappa shape index (κ2) is 5.08. The van der Waals surface area contributed by atoms with Gasteiger partial charge < -0.3 is 15.0 Å². The fourth-order valence-corrected chi connectivity index (χ4v) is 4.61. The van der Waals surface area contributed by atoms with E-state index in [4.69, 9.17) is 0 Å². The van der Waals surface area contributed by atoms with Crippen LogP contribution in [0.3, 0.4) is 0 Å². The second-order valence-electron chi connectivity index (χ2n) is 7.15. The van der Waals surface area contributed by atoms with E-state index in [2.05, 4.69) is 17.1 Å². The first-order valence-corrected chi connectivity index (χ1v) is 8.72. The first kappa shape index (κ1) is 14.1. The third-order valence-electron chi connectivity index (χ3n) is 5.70. The van der Waals surface area contributed by atoms with Gasteiger partial charge >= 0.3 is 0 Å². The van der Waals surface area contributed by atoms with Crippen LogP contribution in [0.25, 0.3) is 21.8 Å². The van der Waals surface area contributed by atoms with Crippen molar-refractivity contribution in [1.29, 1.82) is 0 Å². The first-order valence-electron chi connectivity index (χ1n) is 8.72. The number of carbonyl (C=O) groups excluding carboxylic acids is 1. The molecule has 24 heavy (non-hydrogen) atoms. The van der Waals surface area contributed by atoms with Gasteiger partial charge in [0.25, 0.3) is 5.91 Å². The van der Waals surface area contributed by atoms with E-state index in [1.54, 1.807) is 0 Å². The molecule has 2 N–H and O–H groups in total. The summed E-state index contributed by atoms with van der Waals surface area (Å²) in [6.07, 6.45) is 3.23. The number of aromatic amines is 1. The van der Waals surface area contributed by atoms with Gasteiger partial charge in [0.05, 0.1) is 6.10 Å². The molecule has 2 aliphatic rings. The summed E-state index contributed by atoms with van der Waals surface area (Å²) >= 11 is 0. The number of aliphatic hydroxyl groups is 1. The second-order valence-corrected chi connectivity index (χ2v) is 7.15. The highest BCUT2D eigenvalue weighted by Gasteiger charge is 2.42. The van der Waals surface area contributed by atoms with Crippen molar-refractivity contribution in [3.05, 3.63) is 48.0 Å². The number of aromatic nitrogens is 1. The Hall–Kier alpha value is -2.33. The Balaban J connectivity index is 1.57. The SMILES string of the molecule is O=C(c1ccc2[nH]c3ccccc3c2c1)N1C2CCC1CC(O)C2. The molecule has 0 radical (unpaired) electrons. The predicted molar refractivity (Wildman–Crippen MR) is 94.0 cm³/mol. The minimum atomic E-state index is -0.248. The number of hydrogen-bond donors (Lipinski definition) is 2. The zero-order chi connectivity index (χ0) is 16.3. The van der Waals surface area contributed by atoms with Crippen molar-refractivity contribution in [3.63, 3.8) is 0 Å². The number of piperidine rings is 1. The van der Waals surface area contributed by atoms with Crippen molar-refractivity contribution < 1.29 is 9.90 Å². The quantitative estimate of drug-likeness (QED) is 0.721. The number of para-hydroxylation sites is 1. The molecule has 122 valence electrons. The van der Waals surface area contributed by atoms with Crippen LogP contribution in [0.2, 0.25) is 0 Å². The Morgan fingerprint density at radius 1 is 1.00 bits per heavy atom. The molecule has 2 bridgehead atoms. The molecule has 2 unspecified atom stereocenters. The lowest BCUT2D eigenvalue weighted by molar-refractivity contribution is 0.0287. The molecule has 2 aromatic carbocycles. The van der Waals surface area contributed by atoms with Crippen LogP contribution in [-0.4, -0.2) is 39.1 Å².